The molecule has 2 fully saturated rings. The van der Waals surface area contributed by atoms with Crippen molar-refractivity contribution in [2.24, 2.45) is 11.8 Å². The zero-order valence-corrected chi connectivity index (χ0v) is 19.4. The van der Waals surface area contributed by atoms with Crippen LogP contribution in [0.1, 0.15) is 33.6 Å². The van der Waals surface area contributed by atoms with Gasteiger partial charge in [0.15, 0.2) is 0 Å². The molecule has 3 amide bonds. The molecule has 31 heavy (non-hydrogen) atoms. The Morgan fingerprint density at radius 2 is 1.90 bits per heavy atom. The minimum Gasteiger partial charge on any atom is -0.396 e. The summed E-state index contributed by atoms with van der Waals surface area (Å²) < 4.78 is -0.752. The lowest BCUT2D eigenvalue weighted by molar-refractivity contribution is -0.144. The summed E-state index contributed by atoms with van der Waals surface area (Å²) in [6.45, 7) is 8.03. The molecule has 1 N–H and O–H groups in total. The SMILES string of the molecule is CCCN1CC=C[C@H]2S[C@]34C=CCN(C(C)C)C(=O)C3N(CCCO)C(=O)[C@@H]4[C@H]2C1=O. The van der Waals surface area contributed by atoms with Crippen molar-refractivity contribution in [2.45, 2.75) is 55.7 Å². The van der Waals surface area contributed by atoms with Crippen LogP contribution in [0.15, 0.2) is 24.3 Å². The van der Waals surface area contributed by atoms with E-state index in [-0.39, 0.29) is 35.6 Å². The summed E-state index contributed by atoms with van der Waals surface area (Å²) in [6.07, 6.45) is 9.43. The van der Waals surface area contributed by atoms with Crippen LogP contribution in [-0.4, -0.2) is 92.4 Å². The monoisotopic (exact) mass is 447 g/mol. The van der Waals surface area contributed by atoms with Gasteiger partial charge < -0.3 is 19.8 Å². The Morgan fingerprint density at radius 3 is 2.58 bits per heavy atom. The zero-order valence-electron chi connectivity index (χ0n) is 18.6. The first kappa shape index (κ1) is 22.4. The predicted molar refractivity (Wildman–Crippen MR) is 120 cm³/mol. The van der Waals surface area contributed by atoms with Gasteiger partial charge in [-0.15, -0.1) is 11.8 Å². The molecular formula is C23H33N3O4S. The summed E-state index contributed by atoms with van der Waals surface area (Å²) in [4.78, 5) is 46.4. The number of aliphatic hydroxyl groups excluding tert-OH is 1. The fourth-order valence-corrected chi connectivity index (χ4v) is 7.63. The summed E-state index contributed by atoms with van der Waals surface area (Å²) in [7, 11) is 0. The van der Waals surface area contributed by atoms with Crippen molar-refractivity contribution in [3.8, 4) is 0 Å². The molecular weight excluding hydrogens is 414 g/mol. The van der Waals surface area contributed by atoms with Gasteiger partial charge in [-0.05, 0) is 26.7 Å². The molecule has 5 atom stereocenters. The molecule has 0 aromatic carbocycles. The van der Waals surface area contributed by atoms with Gasteiger partial charge in [-0.1, -0.05) is 31.2 Å². The van der Waals surface area contributed by atoms with Crippen LogP contribution in [0.2, 0.25) is 0 Å². The minimum absolute atomic E-state index is 0.0135. The molecule has 0 radical (unpaired) electrons. The molecule has 0 aliphatic carbocycles. The zero-order chi connectivity index (χ0) is 22.3. The van der Waals surface area contributed by atoms with Crippen molar-refractivity contribution in [1.82, 2.24) is 14.7 Å². The number of amides is 3. The van der Waals surface area contributed by atoms with Crippen molar-refractivity contribution in [3.05, 3.63) is 24.3 Å². The molecule has 0 aromatic heterocycles. The normalized spacial score (nSPS) is 34.9. The number of thioether (sulfide) groups is 1. The lowest BCUT2D eigenvalue weighted by Gasteiger charge is -2.36. The third-order valence-corrected chi connectivity index (χ3v) is 8.69. The van der Waals surface area contributed by atoms with Gasteiger partial charge >= 0.3 is 0 Å². The van der Waals surface area contributed by atoms with Gasteiger partial charge in [-0.25, -0.2) is 0 Å². The Kier molecular flexibility index (Phi) is 6.23. The third kappa shape index (κ3) is 3.42. The van der Waals surface area contributed by atoms with E-state index in [1.807, 2.05) is 48.8 Å². The van der Waals surface area contributed by atoms with Gasteiger partial charge in [-0.2, -0.15) is 0 Å². The lowest BCUT2D eigenvalue weighted by atomic mass is 9.78. The van der Waals surface area contributed by atoms with E-state index in [9.17, 15) is 19.5 Å². The number of hydrogen-bond acceptors (Lipinski definition) is 5. The predicted octanol–water partition coefficient (Wildman–Crippen LogP) is 1.28. The standard InChI is InChI=1S/C23H33N3O4S/c1-4-10-24-11-5-8-16-17(20(24)28)18-21(29)26(13-7-14-27)19-22(30)25(15(2)3)12-6-9-23(18,19)31-16/h5-6,8-9,15-19,27H,4,7,10-14H2,1-3H3/t16-,17+,18+,19?,23+/m1/s1. The van der Waals surface area contributed by atoms with Crippen LogP contribution in [-0.2, 0) is 14.4 Å². The average Bonchev–Trinajstić information content (AvgIpc) is 3.04. The Hall–Kier alpha value is -1.80. The van der Waals surface area contributed by atoms with E-state index in [0.29, 0.717) is 32.6 Å². The van der Waals surface area contributed by atoms with Gasteiger partial charge in [-0.3, -0.25) is 14.4 Å². The van der Waals surface area contributed by atoms with E-state index >= 15 is 0 Å². The largest absolute Gasteiger partial charge is 0.396 e. The first-order valence-electron chi connectivity index (χ1n) is 11.4. The molecule has 0 bridgehead atoms. The van der Waals surface area contributed by atoms with E-state index in [1.54, 1.807) is 16.7 Å². The fraction of sp³-hybridized carbons (Fsp3) is 0.696. The molecule has 4 aliphatic heterocycles. The van der Waals surface area contributed by atoms with E-state index in [2.05, 4.69) is 6.08 Å². The highest BCUT2D eigenvalue weighted by Crippen LogP contribution is 2.61. The summed E-state index contributed by atoms with van der Waals surface area (Å²) in [5.41, 5.74) is 0. The van der Waals surface area contributed by atoms with Crippen molar-refractivity contribution in [1.29, 1.82) is 0 Å². The Bertz CT molecular complexity index is 813. The summed E-state index contributed by atoms with van der Waals surface area (Å²) in [5.74, 6) is -1.18. The summed E-state index contributed by atoms with van der Waals surface area (Å²) in [6, 6.07) is -0.630. The van der Waals surface area contributed by atoms with Crippen LogP contribution in [0.25, 0.3) is 0 Å². The van der Waals surface area contributed by atoms with Crippen LogP contribution in [0.3, 0.4) is 0 Å². The summed E-state index contributed by atoms with van der Waals surface area (Å²) in [5, 5.41) is 9.29. The second-order valence-corrected chi connectivity index (χ2v) is 10.6. The molecule has 4 heterocycles. The van der Waals surface area contributed by atoms with E-state index < -0.39 is 22.6 Å². The van der Waals surface area contributed by atoms with E-state index in [4.69, 9.17) is 0 Å². The minimum atomic E-state index is -0.752. The Labute approximate surface area is 188 Å². The number of carbonyl (C=O) groups is 3. The molecule has 170 valence electrons. The van der Waals surface area contributed by atoms with Crippen molar-refractivity contribution >= 4 is 29.5 Å². The molecule has 0 aromatic rings. The fourth-order valence-electron chi connectivity index (χ4n) is 5.62. The molecule has 4 rings (SSSR count). The first-order valence-corrected chi connectivity index (χ1v) is 12.3. The van der Waals surface area contributed by atoms with Crippen LogP contribution >= 0.6 is 11.8 Å². The maximum absolute atomic E-state index is 13.8. The molecule has 4 aliphatic rings. The molecule has 7 nitrogen and oxygen atoms in total. The Morgan fingerprint density at radius 1 is 1.13 bits per heavy atom. The average molecular weight is 448 g/mol. The van der Waals surface area contributed by atoms with Gasteiger partial charge in [0, 0.05) is 44.1 Å². The Balaban J connectivity index is 1.80. The van der Waals surface area contributed by atoms with Crippen LogP contribution in [0.5, 0.6) is 0 Å². The first-order chi connectivity index (χ1) is 14.9. The van der Waals surface area contributed by atoms with Crippen LogP contribution in [0.4, 0.5) is 0 Å². The van der Waals surface area contributed by atoms with Gasteiger partial charge in [0.25, 0.3) is 0 Å². The molecule has 1 spiro atoms. The van der Waals surface area contributed by atoms with E-state index in [1.165, 1.54) is 0 Å². The molecule has 0 saturated carbocycles. The highest BCUT2D eigenvalue weighted by Gasteiger charge is 2.70. The molecule has 2 saturated heterocycles. The summed E-state index contributed by atoms with van der Waals surface area (Å²) >= 11 is 1.61. The van der Waals surface area contributed by atoms with Crippen molar-refractivity contribution in [2.75, 3.05) is 32.8 Å². The van der Waals surface area contributed by atoms with Crippen molar-refractivity contribution in [3.63, 3.8) is 0 Å². The smallest absolute Gasteiger partial charge is 0.247 e. The van der Waals surface area contributed by atoms with Crippen LogP contribution < -0.4 is 0 Å². The second-order valence-electron chi connectivity index (χ2n) is 9.15. The lowest BCUT2D eigenvalue weighted by Crippen LogP contribution is -2.54. The third-order valence-electron chi connectivity index (χ3n) is 6.95. The van der Waals surface area contributed by atoms with Crippen LogP contribution in [0, 0.1) is 11.8 Å². The number of likely N-dealkylation sites (tertiary alicyclic amines) is 1. The number of rotatable bonds is 6. The van der Waals surface area contributed by atoms with Gasteiger partial charge in [0.2, 0.25) is 17.7 Å². The van der Waals surface area contributed by atoms with Gasteiger partial charge in [0.05, 0.1) is 16.6 Å². The van der Waals surface area contributed by atoms with Crippen molar-refractivity contribution < 1.29 is 19.5 Å². The number of fused-ring (bicyclic) bond motifs is 2. The number of aliphatic hydroxyl groups is 1. The quantitative estimate of drug-likeness (QED) is 0.621. The number of hydrogen-bond donors (Lipinski definition) is 1. The highest BCUT2D eigenvalue weighted by molar-refractivity contribution is 8.02. The van der Waals surface area contributed by atoms with Gasteiger partial charge in [0.1, 0.15) is 6.04 Å². The molecule has 1 unspecified atom stereocenters. The maximum atomic E-state index is 13.8. The molecule has 8 heteroatoms. The topological polar surface area (TPSA) is 81.2 Å². The highest BCUT2D eigenvalue weighted by atomic mass is 32.2. The maximum Gasteiger partial charge on any atom is 0.247 e. The second kappa shape index (κ2) is 8.62. The van der Waals surface area contributed by atoms with E-state index in [0.717, 1.165) is 6.42 Å². The number of carbonyl (C=O) groups excluding carboxylic acids is 3. The number of nitrogens with zero attached hydrogens (tertiary/aromatic N) is 3.